The Labute approximate surface area is 105 Å². The normalized spacial score (nSPS) is 11.5. The Morgan fingerprint density at radius 3 is 2.53 bits per heavy atom. The van der Waals surface area contributed by atoms with E-state index in [2.05, 4.69) is 49.3 Å². The first-order chi connectivity index (χ1) is 8.04. The van der Waals surface area contributed by atoms with Crippen LogP contribution in [0.4, 0.5) is 0 Å². The zero-order valence-corrected chi connectivity index (χ0v) is 11.5. The van der Waals surface area contributed by atoms with Crippen LogP contribution in [0, 0.1) is 13.8 Å². The minimum absolute atomic E-state index is 0.729. The van der Waals surface area contributed by atoms with Crippen molar-refractivity contribution in [3.05, 3.63) is 34.9 Å². The summed E-state index contributed by atoms with van der Waals surface area (Å²) in [6, 6.07) is 6.50. The Kier molecular flexibility index (Phi) is 5.01. The molecule has 0 amide bonds. The second-order valence-electron chi connectivity index (χ2n) is 4.49. The molecule has 0 aromatic heterocycles. The van der Waals surface area contributed by atoms with Crippen molar-refractivity contribution in [3.63, 3.8) is 0 Å². The van der Waals surface area contributed by atoms with Crippen molar-refractivity contribution in [3.8, 4) is 0 Å². The summed E-state index contributed by atoms with van der Waals surface area (Å²) in [7, 11) is 4.01. The molecule has 0 aliphatic rings. The van der Waals surface area contributed by atoms with Crippen LogP contribution in [-0.4, -0.2) is 31.5 Å². The minimum Gasteiger partial charge on any atom is -0.357 e. The Bertz CT molecular complexity index is 394. The fourth-order valence-electron chi connectivity index (χ4n) is 1.70. The lowest BCUT2D eigenvalue weighted by Gasteiger charge is -2.16. The maximum Gasteiger partial charge on any atom is 0.193 e. The zero-order chi connectivity index (χ0) is 12.8. The van der Waals surface area contributed by atoms with Crippen LogP contribution in [0.15, 0.2) is 23.2 Å². The second-order valence-corrected chi connectivity index (χ2v) is 4.49. The quantitative estimate of drug-likeness (QED) is 0.641. The first-order valence-electron chi connectivity index (χ1n) is 6.06. The zero-order valence-electron chi connectivity index (χ0n) is 11.5. The lowest BCUT2D eigenvalue weighted by Crippen LogP contribution is -2.36. The molecule has 3 heteroatoms. The average Bonchev–Trinajstić information content (AvgIpc) is 2.25. The molecule has 17 heavy (non-hydrogen) atoms. The lowest BCUT2D eigenvalue weighted by molar-refractivity contribution is 0.583. The van der Waals surface area contributed by atoms with E-state index in [1.807, 2.05) is 19.0 Å². The Hall–Kier alpha value is -1.51. The largest absolute Gasteiger partial charge is 0.357 e. The minimum atomic E-state index is 0.729. The van der Waals surface area contributed by atoms with Crippen molar-refractivity contribution in [2.75, 3.05) is 20.6 Å². The van der Waals surface area contributed by atoms with Crippen LogP contribution in [0.25, 0.3) is 0 Å². The molecule has 0 spiro atoms. The molecule has 0 bridgehead atoms. The number of nitrogens with zero attached hydrogens (tertiary/aromatic N) is 2. The summed E-state index contributed by atoms with van der Waals surface area (Å²) in [6.07, 6.45) is 0. The third-order valence-electron chi connectivity index (χ3n) is 2.66. The molecule has 1 aromatic rings. The molecule has 0 aliphatic heterocycles. The lowest BCUT2D eigenvalue weighted by atomic mass is 10.1. The van der Waals surface area contributed by atoms with Crippen LogP contribution in [0.3, 0.4) is 0 Å². The summed E-state index contributed by atoms with van der Waals surface area (Å²) in [5.74, 6) is 0.937. The number of hydrogen-bond acceptors (Lipinski definition) is 1. The van der Waals surface area contributed by atoms with Gasteiger partial charge in [-0.25, -0.2) is 4.99 Å². The van der Waals surface area contributed by atoms with Crippen molar-refractivity contribution >= 4 is 5.96 Å². The number of aryl methyl sites for hydroxylation is 2. The molecule has 0 radical (unpaired) electrons. The van der Waals surface area contributed by atoms with Gasteiger partial charge in [-0.3, -0.25) is 0 Å². The van der Waals surface area contributed by atoms with Crippen molar-refractivity contribution in [1.29, 1.82) is 0 Å². The fourth-order valence-corrected chi connectivity index (χ4v) is 1.70. The number of hydrogen-bond donors (Lipinski definition) is 1. The molecule has 94 valence electrons. The average molecular weight is 233 g/mol. The van der Waals surface area contributed by atoms with Gasteiger partial charge in [0, 0.05) is 20.6 Å². The monoisotopic (exact) mass is 233 g/mol. The highest BCUT2D eigenvalue weighted by Crippen LogP contribution is 2.11. The molecule has 0 saturated carbocycles. The summed E-state index contributed by atoms with van der Waals surface area (Å²) < 4.78 is 0. The van der Waals surface area contributed by atoms with Crippen molar-refractivity contribution in [1.82, 2.24) is 10.2 Å². The fraction of sp³-hybridized carbons (Fsp3) is 0.500. The van der Waals surface area contributed by atoms with Crippen LogP contribution in [0.2, 0.25) is 0 Å². The van der Waals surface area contributed by atoms with Gasteiger partial charge in [0.1, 0.15) is 0 Å². The first-order valence-corrected chi connectivity index (χ1v) is 6.06. The van der Waals surface area contributed by atoms with Crippen molar-refractivity contribution in [2.45, 2.75) is 27.3 Å². The maximum atomic E-state index is 4.61. The molecule has 0 unspecified atom stereocenters. The highest BCUT2D eigenvalue weighted by molar-refractivity contribution is 5.79. The van der Waals surface area contributed by atoms with Gasteiger partial charge >= 0.3 is 0 Å². The van der Waals surface area contributed by atoms with E-state index in [4.69, 9.17) is 0 Å². The van der Waals surface area contributed by atoms with Gasteiger partial charge in [-0.2, -0.15) is 0 Å². The Balaban J connectivity index is 2.79. The molecule has 0 atom stereocenters. The van der Waals surface area contributed by atoms with E-state index in [9.17, 15) is 0 Å². The molecule has 1 N–H and O–H groups in total. The van der Waals surface area contributed by atoms with Crippen molar-refractivity contribution < 1.29 is 0 Å². The third kappa shape index (κ3) is 4.10. The molecule has 0 aliphatic carbocycles. The van der Waals surface area contributed by atoms with Crippen LogP contribution in [-0.2, 0) is 6.54 Å². The molecule has 0 heterocycles. The van der Waals surface area contributed by atoms with Gasteiger partial charge in [0.25, 0.3) is 0 Å². The molecule has 0 saturated heterocycles. The molecule has 1 rings (SSSR count). The van der Waals surface area contributed by atoms with Crippen LogP contribution < -0.4 is 5.32 Å². The van der Waals surface area contributed by atoms with Gasteiger partial charge in [-0.05, 0) is 31.9 Å². The van der Waals surface area contributed by atoms with E-state index in [0.717, 1.165) is 19.0 Å². The van der Waals surface area contributed by atoms with Crippen molar-refractivity contribution in [2.24, 2.45) is 4.99 Å². The topological polar surface area (TPSA) is 27.6 Å². The first kappa shape index (κ1) is 13.6. The SMILES string of the molecule is CCNC(=NCc1ccc(C)cc1C)N(C)C. The van der Waals surface area contributed by atoms with Gasteiger partial charge in [-0.15, -0.1) is 0 Å². The summed E-state index contributed by atoms with van der Waals surface area (Å²) in [6.45, 7) is 7.96. The van der Waals surface area contributed by atoms with E-state index in [1.54, 1.807) is 0 Å². The van der Waals surface area contributed by atoms with E-state index in [0.29, 0.717) is 0 Å². The van der Waals surface area contributed by atoms with E-state index >= 15 is 0 Å². The molecule has 3 nitrogen and oxygen atoms in total. The number of rotatable bonds is 3. The smallest absolute Gasteiger partial charge is 0.193 e. The van der Waals surface area contributed by atoms with E-state index in [-0.39, 0.29) is 0 Å². The maximum absolute atomic E-state index is 4.61. The van der Waals surface area contributed by atoms with Gasteiger partial charge in [0.15, 0.2) is 5.96 Å². The Morgan fingerprint density at radius 2 is 2.00 bits per heavy atom. The predicted octanol–water partition coefficient (Wildman–Crippen LogP) is 2.33. The highest BCUT2D eigenvalue weighted by Gasteiger charge is 2.01. The molecular formula is C14H23N3. The molecular weight excluding hydrogens is 210 g/mol. The number of aliphatic imine (C=N–C) groups is 1. The van der Waals surface area contributed by atoms with Gasteiger partial charge < -0.3 is 10.2 Å². The molecule has 1 aromatic carbocycles. The predicted molar refractivity (Wildman–Crippen MR) is 74.4 cm³/mol. The van der Waals surface area contributed by atoms with Gasteiger partial charge in [-0.1, -0.05) is 23.8 Å². The second kappa shape index (κ2) is 6.28. The van der Waals surface area contributed by atoms with Crippen LogP contribution in [0.5, 0.6) is 0 Å². The number of benzene rings is 1. The highest BCUT2D eigenvalue weighted by atomic mass is 15.3. The number of nitrogens with one attached hydrogen (secondary N) is 1. The van der Waals surface area contributed by atoms with Gasteiger partial charge in [0.2, 0.25) is 0 Å². The third-order valence-corrected chi connectivity index (χ3v) is 2.66. The number of guanidine groups is 1. The van der Waals surface area contributed by atoms with E-state index < -0.39 is 0 Å². The summed E-state index contributed by atoms with van der Waals surface area (Å²) in [5.41, 5.74) is 3.89. The van der Waals surface area contributed by atoms with Gasteiger partial charge in [0.05, 0.1) is 6.54 Å². The van der Waals surface area contributed by atoms with E-state index in [1.165, 1.54) is 16.7 Å². The standard InChI is InChI=1S/C14H23N3/c1-6-15-14(17(4)5)16-10-13-8-7-11(2)9-12(13)3/h7-9H,6,10H2,1-5H3,(H,15,16). The van der Waals surface area contributed by atoms with Crippen LogP contribution >= 0.6 is 0 Å². The summed E-state index contributed by atoms with van der Waals surface area (Å²) >= 11 is 0. The summed E-state index contributed by atoms with van der Waals surface area (Å²) in [5, 5.41) is 3.26. The summed E-state index contributed by atoms with van der Waals surface area (Å²) in [4.78, 5) is 6.61. The van der Waals surface area contributed by atoms with Crippen LogP contribution in [0.1, 0.15) is 23.6 Å². The Morgan fingerprint density at radius 1 is 1.29 bits per heavy atom. The molecule has 0 fully saturated rings.